The predicted octanol–water partition coefficient (Wildman–Crippen LogP) is 3.15. The molecule has 0 bridgehead atoms. The van der Waals surface area contributed by atoms with Gasteiger partial charge in [-0.15, -0.1) is 0 Å². The highest BCUT2D eigenvalue weighted by Gasteiger charge is 2.14. The molecule has 0 spiro atoms. The van der Waals surface area contributed by atoms with Crippen LogP contribution >= 0.6 is 11.6 Å². The Labute approximate surface area is 157 Å². The lowest BCUT2D eigenvalue weighted by Gasteiger charge is -2.15. The lowest BCUT2D eigenvalue weighted by atomic mass is 10.1. The lowest BCUT2D eigenvalue weighted by Crippen LogP contribution is -2.32. The molecule has 0 aromatic heterocycles. The second-order valence-electron chi connectivity index (χ2n) is 5.44. The molecule has 0 aliphatic carbocycles. The van der Waals surface area contributed by atoms with Gasteiger partial charge in [-0.25, -0.2) is 4.79 Å². The maximum absolute atomic E-state index is 11.9. The number of benzene rings is 2. The molecule has 0 heterocycles. The topological polar surface area (TPSA) is 73.9 Å². The Morgan fingerprint density at radius 1 is 1.04 bits per heavy atom. The van der Waals surface area contributed by atoms with Crippen molar-refractivity contribution in [3.05, 3.63) is 59.1 Å². The van der Waals surface area contributed by atoms with Crippen LogP contribution < -0.4 is 14.8 Å². The molecule has 0 aliphatic heterocycles. The first-order valence-corrected chi connectivity index (χ1v) is 8.33. The molecule has 1 amide bonds. The Bertz CT molecular complexity index is 748. The van der Waals surface area contributed by atoms with E-state index in [1.807, 2.05) is 18.2 Å². The highest BCUT2D eigenvalue weighted by molar-refractivity contribution is 6.31. The summed E-state index contributed by atoms with van der Waals surface area (Å²) < 4.78 is 15.2. The number of halogens is 1. The SMILES string of the molecule is COc1ccc(OCC(=O)OCC(=O)N[C@@H](C)c2ccccc2Cl)cc1. The number of rotatable bonds is 8. The van der Waals surface area contributed by atoms with Crippen LogP contribution in [0.3, 0.4) is 0 Å². The third kappa shape index (κ3) is 5.97. The Morgan fingerprint density at radius 2 is 1.69 bits per heavy atom. The number of ether oxygens (including phenoxy) is 3. The summed E-state index contributed by atoms with van der Waals surface area (Å²) in [4.78, 5) is 23.6. The monoisotopic (exact) mass is 377 g/mol. The lowest BCUT2D eigenvalue weighted by molar-refractivity contribution is -0.150. The van der Waals surface area contributed by atoms with E-state index in [2.05, 4.69) is 5.32 Å². The molecule has 0 radical (unpaired) electrons. The van der Waals surface area contributed by atoms with Crippen molar-refractivity contribution in [3.63, 3.8) is 0 Å². The zero-order valence-electron chi connectivity index (χ0n) is 14.5. The molecule has 2 aromatic rings. The number of amides is 1. The molecule has 6 nitrogen and oxygen atoms in total. The minimum Gasteiger partial charge on any atom is -0.497 e. The smallest absolute Gasteiger partial charge is 0.344 e. The number of hydrogen-bond donors (Lipinski definition) is 1. The summed E-state index contributed by atoms with van der Waals surface area (Å²) >= 11 is 6.09. The summed E-state index contributed by atoms with van der Waals surface area (Å²) in [5, 5.41) is 3.28. The van der Waals surface area contributed by atoms with Gasteiger partial charge in [-0.05, 0) is 42.8 Å². The number of hydrogen-bond acceptors (Lipinski definition) is 5. The van der Waals surface area contributed by atoms with E-state index in [1.165, 1.54) is 0 Å². The Balaban J connectivity index is 1.72. The molecule has 0 aliphatic rings. The van der Waals surface area contributed by atoms with Gasteiger partial charge in [0.1, 0.15) is 11.5 Å². The van der Waals surface area contributed by atoms with Gasteiger partial charge >= 0.3 is 5.97 Å². The molecule has 26 heavy (non-hydrogen) atoms. The molecule has 0 unspecified atom stereocenters. The van der Waals surface area contributed by atoms with E-state index in [0.29, 0.717) is 16.5 Å². The maximum atomic E-state index is 11.9. The molecule has 0 fully saturated rings. The predicted molar refractivity (Wildman–Crippen MR) is 97.5 cm³/mol. The van der Waals surface area contributed by atoms with Crippen molar-refractivity contribution in [1.29, 1.82) is 0 Å². The quantitative estimate of drug-likeness (QED) is 0.715. The molecular formula is C19H20ClNO5. The zero-order valence-corrected chi connectivity index (χ0v) is 15.3. The van der Waals surface area contributed by atoms with Crippen LogP contribution in [0.4, 0.5) is 0 Å². The standard InChI is InChI=1S/C19H20ClNO5/c1-13(16-5-3-4-6-17(16)20)21-18(22)11-26-19(23)12-25-15-9-7-14(24-2)8-10-15/h3-10,13H,11-12H2,1-2H3,(H,21,22)/t13-/m0/s1. The number of carbonyl (C=O) groups is 2. The van der Waals surface area contributed by atoms with E-state index in [0.717, 1.165) is 5.56 Å². The second kappa shape index (κ2) is 9.68. The van der Waals surface area contributed by atoms with E-state index in [1.54, 1.807) is 44.4 Å². The molecule has 7 heteroatoms. The first kappa shape index (κ1) is 19.6. The highest BCUT2D eigenvalue weighted by atomic mass is 35.5. The van der Waals surface area contributed by atoms with E-state index in [-0.39, 0.29) is 19.3 Å². The van der Waals surface area contributed by atoms with Gasteiger partial charge < -0.3 is 19.5 Å². The minimum absolute atomic E-state index is 0.292. The van der Waals surface area contributed by atoms with Gasteiger partial charge in [-0.2, -0.15) is 0 Å². The van der Waals surface area contributed by atoms with Crippen LogP contribution in [0.1, 0.15) is 18.5 Å². The van der Waals surface area contributed by atoms with Crippen molar-refractivity contribution < 1.29 is 23.8 Å². The first-order chi connectivity index (χ1) is 12.5. The molecule has 2 rings (SSSR count). The number of nitrogens with one attached hydrogen (secondary N) is 1. The van der Waals surface area contributed by atoms with Crippen molar-refractivity contribution in [2.24, 2.45) is 0 Å². The fourth-order valence-electron chi connectivity index (χ4n) is 2.19. The van der Waals surface area contributed by atoms with Crippen LogP contribution in [0.25, 0.3) is 0 Å². The Morgan fingerprint density at radius 3 is 2.35 bits per heavy atom. The second-order valence-corrected chi connectivity index (χ2v) is 5.84. The number of esters is 1. The summed E-state index contributed by atoms with van der Waals surface area (Å²) in [5.41, 5.74) is 0.789. The van der Waals surface area contributed by atoms with Crippen LogP contribution in [0.2, 0.25) is 5.02 Å². The van der Waals surface area contributed by atoms with Crippen LogP contribution in [-0.2, 0) is 14.3 Å². The summed E-state index contributed by atoms with van der Waals surface area (Å²) in [7, 11) is 1.56. The average molecular weight is 378 g/mol. The minimum atomic E-state index is -0.638. The van der Waals surface area contributed by atoms with Gasteiger partial charge in [0.2, 0.25) is 0 Å². The van der Waals surface area contributed by atoms with Crippen molar-refractivity contribution in [2.45, 2.75) is 13.0 Å². The Hall–Kier alpha value is -2.73. The maximum Gasteiger partial charge on any atom is 0.344 e. The summed E-state index contributed by atoms with van der Waals surface area (Å²) in [6, 6.07) is 13.7. The van der Waals surface area contributed by atoms with Crippen LogP contribution in [0.5, 0.6) is 11.5 Å². The van der Waals surface area contributed by atoms with Gasteiger partial charge in [0, 0.05) is 5.02 Å². The average Bonchev–Trinajstić information content (AvgIpc) is 2.65. The van der Waals surface area contributed by atoms with Crippen LogP contribution in [-0.4, -0.2) is 32.2 Å². The molecule has 138 valence electrons. The number of methoxy groups -OCH3 is 1. The summed E-state index contributed by atoms with van der Waals surface area (Å²) in [6.07, 6.45) is 0. The normalized spacial score (nSPS) is 11.3. The first-order valence-electron chi connectivity index (χ1n) is 7.96. The van der Waals surface area contributed by atoms with E-state index in [9.17, 15) is 9.59 Å². The largest absolute Gasteiger partial charge is 0.497 e. The van der Waals surface area contributed by atoms with Crippen molar-refractivity contribution in [1.82, 2.24) is 5.32 Å². The fraction of sp³-hybridized carbons (Fsp3) is 0.263. The highest BCUT2D eigenvalue weighted by Crippen LogP contribution is 2.22. The zero-order chi connectivity index (χ0) is 18.9. The summed E-state index contributed by atoms with van der Waals surface area (Å²) in [6.45, 7) is 1.12. The van der Waals surface area contributed by atoms with Crippen LogP contribution in [0.15, 0.2) is 48.5 Å². The van der Waals surface area contributed by atoms with E-state index >= 15 is 0 Å². The fourth-order valence-corrected chi connectivity index (χ4v) is 2.49. The molecule has 0 saturated heterocycles. The molecule has 1 N–H and O–H groups in total. The molecule has 2 aromatic carbocycles. The van der Waals surface area contributed by atoms with Gasteiger partial charge in [-0.1, -0.05) is 29.8 Å². The van der Waals surface area contributed by atoms with E-state index < -0.39 is 11.9 Å². The van der Waals surface area contributed by atoms with Crippen molar-refractivity contribution in [2.75, 3.05) is 20.3 Å². The third-order valence-electron chi connectivity index (χ3n) is 3.53. The van der Waals surface area contributed by atoms with Gasteiger partial charge in [0.25, 0.3) is 5.91 Å². The van der Waals surface area contributed by atoms with Crippen molar-refractivity contribution >= 4 is 23.5 Å². The number of carbonyl (C=O) groups excluding carboxylic acids is 2. The summed E-state index contributed by atoms with van der Waals surface area (Å²) in [5.74, 6) is 0.125. The molecule has 0 saturated carbocycles. The molecular weight excluding hydrogens is 358 g/mol. The van der Waals surface area contributed by atoms with E-state index in [4.69, 9.17) is 25.8 Å². The molecule has 1 atom stereocenters. The Kier molecular flexibility index (Phi) is 7.29. The van der Waals surface area contributed by atoms with Gasteiger partial charge in [-0.3, -0.25) is 4.79 Å². The van der Waals surface area contributed by atoms with Gasteiger partial charge in [0.15, 0.2) is 13.2 Å². The van der Waals surface area contributed by atoms with Gasteiger partial charge in [0.05, 0.1) is 13.2 Å². The van der Waals surface area contributed by atoms with Crippen molar-refractivity contribution in [3.8, 4) is 11.5 Å². The third-order valence-corrected chi connectivity index (χ3v) is 3.87. The van der Waals surface area contributed by atoms with Crippen LogP contribution in [0, 0.1) is 0 Å².